The lowest BCUT2D eigenvalue weighted by molar-refractivity contribution is -0.121. The molecule has 0 rings (SSSR count). The van der Waals surface area contributed by atoms with Crippen LogP contribution in [0, 0.1) is 5.92 Å². The molecule has 0 radical (unpaired) electrons. The van der Waals surface area contributed by atoms with Crippen LogP contribution in [0.15, 0.2) is 12.7 Å². The molecule has 0 aliphatic heterocycles. The van der Waals surface area contributed by atoms with Crippen LogP contribution in [0.3, 0.4) is 0 Å². The maximum atomic E-state index is 11.0. The van der Waals surface area contributed by atoms with E-state index in [0.717, 1.165) is 6.42 Å². The smallest absolute Gasteiger partial charge is 0.139 e. The van der Waals surface area contributed by atoms with Crippen LogP contribution >= 0.6 is 0 Å². The molecule has 0 saturated carbocycles. The second kappa shape index (κ2) is 5.18. The largest absolute Gasteiger partial charge is 0.330 e. The lowest BCUT2D eigenvalue weighted by Crippen LogP contribution is -2.14. The standard InChI is InChI=1S/C8H15NO/c1-3-4-8(10)7(2)5-6-9/h3,7H,1,4-6,9H2,2H3. The summed E-state index contributed by atoms with van der Waals surface area (Å²) >= 11 is 0. The molecule has 1 unspecified atom stereocenters. The minimum Gasteiger partial charge on any atom is -0.330 e. The molecule has 0 fully saturated rings. The Hall–Kier alpha value is -0.630. The Morgan fingerprint density at radius 3 is 2.80 bits per heavy atom. The van der Waals surface area contributed by atoms with E-state index in [2.05, 4.69) is 6.58 Å². The number of Topliss-reactive ketones (excluding diaryl/α,β-unsaturated/α-hetero) is 1. The van der Waals surface area contributed by atoms with Gasteiger partial charge in [-0.2, -0.15) is 0 Å². The summed E-state index contributed by atoms with van der Waals surface area (Å²) in [4.78, 5) is 11.0. The van der Waals surface area contributed by atoms with E-state index in [0.29, 0.717) is 13.0 Å². The van der Waals surface area contributed by atoms with Crippen molar-refractivity contribution in [3.63, 3.8) is 0 Å². The Kier molecular flexibility index (Phi) is 4.85. The molecule has 0 heterocycles. The van der Waals surface area contributed by atoms with Crippen molar-refractivity contribution in [3.05, 3.63) is 12.7 Å². The second-order valence-electron chi connectivity index (χ2n) is 2.44. The highest BCUT2D eigenvalue weighted by Crippen LogP contribution is 2.04. The van der Waals surface area contributed by atoms with Gasteiger partial charge in [0.2, 0.25) is 0 Å². The van der Waals surface area contributed by atoms with E-state index in [1.807, 2.05) is 6.92 Å². The zero-order chi connectivity index (χ0) is 7.98. The van der Waals surface area contributed by atoms with Gasteiger partial charge in [0, 0.05) is 12.3 Å². The van der Waals surface area contributed by atoms with E-state index in [1.54, 1.807) is 6.08 Å². The van der Waals surface area contributed by atoms with Crippen LogP contribution in [0.25, 0.3) is 0 Å². The van der Waals surface area contributed by atoms with Gasteiger partial charge in [-0.15, -0.1) is 6.58 Å². The molecule has 0 spiro atoms. The first-order valence-electron chi connectivity index (χ1n) is 3.56. The van der Waals surface area contributed by atoms with Gasteiger partial charge in [-0.3, -0.25) is 4.79 Å². The zero-order valence-electron chi connectivity index (χ0n) is 6.47. The summed E-state index contributed by atoms with van der Waals surface area (Å²) in [6.07, 6.45) is 2.89. The molecule has 0 aromatic rings. The minimum absolute atomic E-state index is 0.1000. The Morgan fingerprint density at radius 1 is 1.80 bits per heavy atom. The van der Waals surface area contributed by atoms with Crippen LogP contribution in [0.1, 0.15) is 19.8 Å². The summed E-state index contributed by atoms with van der Waals surface area (Å²) in [5.74, 6) is 0.337. The Bertz CT molecular complexity index is 120. The van der Waals surface area contributed by atoms with E-state index in [9.17, 15) is 4.79 Å². The number of hydrogen-bond acceptors (Lipinski definition) is 2. The highest BCUT2D eigenvalue weighted by molar-refractivity contribution is 5.81. The lowest BCUT2D eigenvalue weighted by atomic mass is 10.0. The van der Waals surface area contributed by atoms with Crippen LogP contribution in [-0.2, 0) is 4.79 Å². The highest BCUT2D eigenvalue weighted by atomic mass is 16.1. The Balaban J connectivity index is 3.58. The first-order chi connectivity index (χ1) is 4.72. The lowest BCUT2D eigenvalue weighted by Gasteiger charge is -2.05. The molecule has 0 aromatic carbocycles. The fraction of sp³-hybridized carbons (Fsp3) is 0.625. The Morgan fingerprint density at radius 2 is 2.40 bits per heavy atom. The van der Waals surface area contributed by atoms with E-state index in [-0.39, 0.29) is 11.7 Å². The quantitative estimate of drug-likeness (QED) is 0.583. The third-order valence-corrected chi connectivity index (χ3v) is 1.49. The second-order valence-corrected chi connectivity index (χ2v) is 2.44. The van der Waals surface area contributed by atoms with Gasteiger partial charge in [-0.1, -0.05) is 13.0 Å². The third-order valence-electron chi connectivity index (χ3n) is 1.49. The molecule has 0 aliphatic carbocycles. The molecule has 58 valence electrons. The maximum Gasteiger partial charge on any atom is 0.139 e. The molecule has 1 atom stereocenters. The van der Waals surface area contributed by atoms with Gasteiger partial charge in [-0.05, 0) is 13.0 Å². The van der Waals surface area contributed by atoms with Gasteiger partial charge in [0.05, 0.1) is 0 Å². The fourth-order valence-electron chi connectivity index (χ4n) is 0.754. The highest BCUT2D eigenvalue weighted by Gasteiger charge is 2.08. The normalized spacial score (nSPS) is 12.6. The van der Waals surface area contributed by atoms with Crippen molar-refractivity contribution in [1.29, 1.82) is 0 Å². The predicted molar refractivity (Wildman–Crippen MR) is 42.7 cm³/mol. The molecule has 2 heteroatoms. The molecule has 0 bridgehead atoms. The molecule has 0 aromatic heterocycles. The average molecular weight is 141 g/mol. The monoisotopic (exact) mass is 141 g/mol. The average Bonchev–Trinajstić information content (AvgIpc) is 1.89. The van der Waals surface area contributed by atoms with Crippen molar-refractivity contribution >= 4 is 5.78 Å². The molecular weight excluding hydrogens is 126 g/mol. The number of carbonyl (C=O) groups is 1. The van der Waals surface area contributed by atoms with Crippen LogP contribution in [0.4, 0.5) is 0 Å². The van der Waals surface area contributed by atoms with Gasteiger partial charge < -0.3 is 5.73 Å². The molecule has 0 saturated heterocycles. The van der Waals surface area contributed by atoms with Crippen LogP contribution in [-0.4, -0.2) is 12.3 Å². The number of allylic oxidation sites excluding steroid dienone is 1. The molecular formula is C8H15NO. The van der Waals surface area contributed by atoms with Crippen molar-refractivity contribution in [2.24, 2.45) is 11.7 Å². The van der Waals surface area contributed by atoms with Crippen molar-refractivity contribution in [2.75, 3.05) is 6.54 Å². The van der Waals surface area contributed by atoms with Gasteiger partial charge in [-0.25, -0.2) is 0 Å². The van der Waals surface area contributed by atoms with Gasteiger partial charge in [0.1, 0.15) is 5.78 Å². The van der Waals surface area contributed by atoms with Crippen LogP contribution < -0.4 is 5.73 Å². The summed E-state index contributed by atoms with van der Waals surface area (Å²) in [7, 11) is 0. The number of hydrogen-bond donors (Lipinski definition) is 1. The van der Waals surface area contributed by atoms with Gasteiger partial charge in [0.25, 0.3) is 0 Å². The first-order valence-corrected chi connectivity index (χ1v) is 3.56. The number of rotatable bonds is 5. The molecule has 0 aliphatic rings. The SMILES string of the molecule is C=CCC(=O)C(C)CCN. The van der Waals surface area contributed by atoms with Crippen molar-refractivity contribution in [1.82, 2.24) is 0 Å². The van der Waals surface area contributed by atoms with Crippen molar-refractivity contribution in [3.8, 4) is 0 Å². The van der Waals surface area contributed by atoms with Crippen molar-refractivity contribution in [2.45, 2.75) is 19.8 Å². The fourth-order valence-corrected chi connectivity index (χ4v) is 0.754. The topological polar surface area (TPSA) is 43.1 Å². The molecule has 2 N–H and O–H groups in total. The number of carbonyl (C=O) groups excluding carboxylic acids is 1. The van der Waals surface area contributed by atoms with Gasteiger partial charge in [0.15, 0.2) is 0 Å². The zero-order valence-corrected chi connectivity index (χ0v) is 6.47. The first kappa shape index (κ1) is 9.37. The van der Waals surface area contributed by atoms with E-state index >= 15 is 0 Å². The molecule has 2 nitrogen and oxygen atoms in total. The van der Waals surface area contributed by atoms with E-state index in [4.69, 9.17) is 5.73 Å². The van der Waals surface area contributed by atoms with Crippen LogP contribution in [0.5, 0.6) is 0 Å². The third kappa shape index (κ3) is 3.41. The summed E-state index contributed by atoms with van der Waals surface area (Å²) < 4.78 is 0. The molecule has 10 heavy (non-hydrogen) atoms. The minimum atomic E-state index is 0.1000. The Labute approximate surface area is 62.1 Å². The number of nitrogens with two attached hydrogens (primary N) is 1. The summed E-state index contributed by atoms with van der Waals surface area (Å²) in [6.45, 7) is 5.98. The predicted octanol–water partition coefficient (Wildman–Crippen LogP) is 1.12. The number of ketones is 1. The summed E-state index contributed by atoms with van der Waals surface area (Å²) in [5, 5.41) is 0. The summed E-state index contributed by atoms with van der Waals surface area (Å²) in [6, 6.07) is 0. The van der Waals surface area contributed by atoms with E-state index < -0.39 is 0 Å². The van der Waals surface area contributed by atoms with Crippen molar-refractivity contribution < 1.29 is 4.79 Å². The summed E-state index contributed by atoms with van der Waals surface area (Å²) in [5.41, 5.74) is 5.29. The van der Waals surface area contributed by atoms with E-state index in [1.165, 1.54) is 0 Å². The molecule has 0 amide bonds. The maximum absolute atomic E-state index is 11.0. The van der Waals surface area contributed by atoms with Crippen LogP contribution in [0.2, 0.25) is 0 Å². The van der Waals surface area contributed by atoms with Gasteiger partial charge >= 0.3 is 0 Å².